The zero-order chi connectivity index (χ0) is 15.2. The van der Waals surface area contributed by atoms with Crippen molar-refractivity contribution in [1.82, 2.24) is 5.32 Å². The van der Waals surface area contributed by atoms with Gasteiger partial charge in [-0.1, -0.05) is 6.07 Å². The smallest absolute Gasteiger partial charge is 0.161 e. The molecule has 1 rings (SSSR count). The molecule has 0 fully saturated rings. The minimum Gasteiger partial charge on any atom is -0.490 e. The van der Waals surface area contributed by atoms with E-state index in [0.29, 0.717) is 12.4 Å². The van der Waals surface area contributed by atoms with Crippen LogP contribution in [0, 0.1) is 0 Å². The minimum absolute atomic E-state index is 0.0767. The van der Waals surface area contributed by atoms with Crippen LogP contribution in [0.4, 0.5) is 0 Å². The highest BCUT2D eigenvalue weighted by Gasteiger charge is 2.11. The Kier molecular flexibility index (Phi) is 6.30. The fourth-order valence-corrected chi connectivity index (χ4v) is 1.63. The first kappa shape index (κ1) is 16.8. The Morgan fingerprint density at radius 3 is 2.45 bits per heavy atom. The lowest BCUT2D eigenvalue weighted by molar-refractivity contribution is 0.120. The van der Waals surface area contributed by atoms with Crippen LogP contribution in [0.2, 0.25) is 0 Å². The highest BCUT2D eigenvalue weighted by atomic mass is 16.5. The van der Waals surface area contributed by atoms with Crippen molar-refractivity contribution in [2.24, 2.45) is 0 Å². The average Bonchev–Trinajstić information content (AvgIpc) is 2.34. The molecule has 0 amide bonds. The molecule has 1 aromatic rings. The Morgan fingerprint density at radius 2 is 1.90 bits per heavy atom. The molecule has 0 aliphatic rings. The van der Waals surface area contributed by atoms with Gasteiger partial charge in [0.2, 0.25) is 0 Å². The molecule has 0 radical (unpaired) electrons. The molecule has 1 aromatic carbocycles. The van der Waals surface area contributed by atoms with Crippen molar-refractivity contribution < 1.29 is 14.6 Å². The molecule has 1 unspecified atom stereocenters. The monoisotopic (exact) mass is 281 g/mol. The summed E-state index contributed by atoms with van der Waals surface area (Å²) in [6.45, 7) is 11.7. The van der Waals surface area contributed by atoms with Gasteiger partial charge in [0, 0.05) is 12.1 Å². The van der Waals surface area contributed by atoms with Gasteiger partial charge in [0.05, 0.1) is 12.7 Å². The Hall–Kier alpha value is -1.26. The lowest BCUT2D eigenvalue weighted by Crippen LogP contribution is -2.35. The number of aliphatic hydroxyl groups excluding tert-OH is 1. The summed E-state index contributed by atoms with van der Waals surface area (Å²) < 4.78 is 11.2. The second-order valence-corrected chi connectivity index (χ2v) is 5.98. The average molecular weight is 281 g/mol. The van der Waals surface area contributed by atoms with E-state index < -0.39 is 6.10 Å². The second-order valence-electron chi connectivity index (χ2n) is 5.98. The van der Waals surface area contributed by atoms with Gasteiger partial charge in [-0.25, -0.2) is 0 Å². The van der Waals surface area contributed by atoms with Crippen molar-refractivity contribution in [3.05, 3.63) is 23.8 Å². The first-order valence-corrected chi connectivity index (χ1v) is 7.13. The Balaban J connectivity index is 2.77. The molecule has 0 heterocycles. The minimum atomic E-state index is -0.494. The second kappa shape index (κ2) is 7.50. The third-order valence-corrected chi connectivity index (χ3v) is 2.61. The molecule has 0 saturated carbocycles. The van der Waals surface area contributed by atoms with Gasteiger partial charge in [-0.2, -0.15) is 0 Å². The predicted molar refractivity (Wildman–Crippen MR) is 81.4 cm³/mol. The van der Waals surface area contributed by atoms with Gasteiger partial charge in [0.25, 0.3) is 0 Å². The third-order valence-electron chi connectivity index (χ3n) is 2.61. The van der Waals surface area contributed by atoms with Crippen molar-refractivity contribution >= 4 is 0 Å². The SMILES string of the molecule is CCOc1cc(CNC(C)(C)C)ccc1OCC(C)O. The van der Waals surface area contributed by atoms with Crippen LogP contribution in [0.1, 0.15) is 40.2 Å². The fraction of sp³-hybridized carbons (Fsp3) is 0.625. The summed E-state index contributed by atoms with van der Waals surface area (Å²) in [5.41, 5.74) is 1.22. The van der Waals surface area contributed by atoms with E-state index in [2.05, 4.69) is 26.1 Å². The molecule has 0 saturated heterocycles. The lowest BCUT2D eigenvalue weighted by atomic mass is 10.1. The van der Waals surface area contributed by atoms with Gasteiger partial charge in [0.15, 0.2) is 11.5 Å². The summed E-state index contributed by atoms with van der Waals surface area (Å²) in [6.07, 6.45) is -0.494. The van der Waals surface area contributed by atoms with E-state index in [4.69, 9.17) is 9.47 Å². The van der Waals surface area contributed by atoms with E-state index in [1.807, 2.05) is 25.1 Å². The van der Waals surface area contributed by atoms with Crippen molar-refractivity contribution in [3.8, 4) is 11.5 Å². The number of nitrogens with one attached hydrogen (secondary N) is 1. The van der Waals surface area contributed by atoms with E-state index in [-0.39, 0.29) is 12.1 Å². The topological polar surface area (TPSA) is 50.7 Å². The molecule has 0 bridgehead atoms. The molecule has 0 aromatic heterocycles. The zero-order valence-electron chi connectivity index (χ0n) is 13.2. The van der Waals surface area contributed by atoms with Gasteiger partial charge in [-0.3, -0.25) is 0 Å². The summed E-state index contributed by atoms with van der Waals surface area (Å²) in [6, 6.07) is 5.89. The zero-order valence-corrected chi connectivity index (χ0v) is 13.2. The molecule has 0 aliphatic heterocycles. The van der Waals surface area contributed by atoms with Gasteiger partial charge in [-0.05, 0) is 52.3 Å². The number of rotatable bonds is 7. The molecule has 1 atom stereocenters. The van der Waals surface area contributed by atoms with Gasteiger partial charge in [0.1, 0.15) is 6.61 Å². The van der Waals surface area contributed by atoms with Crippen molar-refractivity contribution in [1.29, 1.82) is 0 Å². The summed E-state index contributed by atoms with van der Waals surface area (Å²) in [4.78, 5) is 0. The van der Waals surface area contributed by atoms with Crippen LogP contribution in [-0.4, -0.2) is 30.0 Å². The number of aliphatic hydroxyl groups is 1. The van der Waals surface area contributed by atoms with E-state index in [1.54, 1.807) is 6.92 Å². The number of hydrogen-bond acceptors (Lipinski definition) is 4. The maximum Gasteiger partial charge on any atom is 0.161 e. The number of hydrogen-bond donors (Lipinski definition) is 2. The highest BCUT2D eigenvalue weighted by Crippen LogP contribution is 2.28. The van der Waals surface area contributed by atoms with Crippen LogP contribution in [-0.2, 0) is 6.54 Å². The normalized spacial score (nSPS) is 13.1. The largest absolute Gasteiger partial charge is 0.490 e. The van der Waals surface area contributed by atoms with E-state index in [9.17, 15) is 5.11 Å². The first-order chi connectivity index (χ1) is 9.31. The lowest BCUT2D eigenvalue weighted by Gasteiger charge is -2.21. The van der Waals surface area contributed by atoms with Crippen LogP contribution in [0.5, 0.6) is 11.5 Å². The van der Waals surface area contributed by atoms with Crippen LogP contribution in [0.15, 0.2) is 18.2 Å². The molecule has 4 heteroatoms. The van der Waals surface area contributed by atoms with E-state index >= 15 is 0 Å². The quantitative estimate of drug-likeness (QED) is 0.807. The number of benzene rings is 1. The van der Waals surface area contributed by atoms with E-state index in [0.717, 1.165) is 17.9 Å². The maximum atomic E-state index is 9.29. The van der Waals surface area contributed by atoms with Crippen molar-refractivity contribution in [2.75, 3.05) is 13.2 Å². The highest BCUT2D eigenvalue weighted by molar-refractivity contribution is 5.43. The maximum absolute atomic E-state index is 9.29. The molecule has 4 nitrogen and oxygen atoms in total. The van der Waals surface area contributed by atoms with Gasteiger partial charge in [-0.15, -0.1) is 0 Å². The molecule has 0 aliphatic carbocycles. The molecule has 2 N–H and O–H groups in total. The van der Waals surface area contributed by atoms with Gasteiger partial charge < -0.3 is 19.9 Å². The Morgan fingerprint density at radius 1 is 1.20 bits per heavy atom. The van der Waals surface area contributed by atoms with E-state index in [1.165, 1.54) is 0 Å². The molecule has 114 valence electrons. The van der Waals surface area contributed by atoms with Crippen LogP contribution in [0.3, 0.4) is 0 Å². The molecule has 0 spiro atoms. The first-order valence-electron chi connectivity index (χ1n) is 7.13. The van der Waals surface area contributed by atoms with Crippen molar-refractivity contribution in [3.63, 3.8) is 0 Å². The summed E-state index contributed by atoms with van der Waals surface area (Å²) in [7, 11) is 0. The Labute approximate surface area is 122 Å². The van der Waals surface area contributed by atoms with Crippen LogP contribution < -0.4 is 14.8 Å². The third kappa shape index (κ3) is 6.26. The summed E-state index contributed by atoms with van der Waals surface area (Å²) in [5.74, 6) is 1.40. The molecule has 20 heavy (non-hydrogen) atoms. The number of ether oxygens (including phenoxy) is 2. The standard InChI is InChI=1S/C16H27NO3/c1-6-19-15-9-13(10-17-16(3,4)5)7-8-14(15)20-11-12(2)18/h7-9,12,17-18H,6,10-11H2,1-5H3. The predicted octanol–water partition coefficient (Wildman–Crippen LogP) is 2.73. The Bertz CT molecular complexity index is 411. The van der Waals surface area contributed by atoms with Crippen LogP contribution in [0.25, 0.3) is 0 Å². The molecular formula is C16H27NO3. The summed E-state index contributed by atoms with van der Waals surface area (Å²) in [5, 5.41) is 12.7. The van der Waals surface area contributed by atoms with Crippen LogP contribution >= 0.6 is 0 Å². The van der Waals surface area contributed by atoms with Gasteiger partial charge >= 0.3 is 0 Å². The van der Waals surface area contributed by atoms with Crippen molar-refractivity contribution in [2.45, 2.75) is 52.8 Å². The fourth-order valence-electron chi connectivity index (χ4n) is 1.63. The summed E-state index contributed by atoms with van der Waals surface area (Å²) >= 11 is 0. The molecular weight excluding hydrogens is 254 g/mol.